The van der Waals surface area contributed by atoms with Crippen LogP contribution in [0.15, 0.2) is 45.5 Å². The van der Waals surface area contributed by atoms with Crippen LogP contribution in [0.2, 0.25) is 5.02 Å². The molecule has 0 saturated heterocycles. The number of carbonyl (C=O) groups is 1. The van der Waals surface area contributed by atoms with Gasteiger partial charge in [0.05, 0.1) is 5.56 Å². The van der Waals surface area contributed by atoms with Crippen LogP contribution in [0.4, 0.5) is 5.82 Å². The van der Waals surface area contributed by atoms with Gasteiger partial charge in [-0.25, -0.2) is 4.98 Å². The van der Waals surface area contributed by atoms with Crippen molar-refractivity contribution in [3.05, 3.63) is 62.0 Å². The summed E-state index contributed by atoms with van der Waals surface area (Å²) in [5.74, 6) is 1.11. The van der Waals surface area contributed by atoms with Gasteiger partial charge in [0.25, 0.3) is 5.56 Å². The molecule has 0 saturated carbocycles. The van der Waals surface area contributed by atoms with Crippen molar-refractivity contribution in [1.29, 1.82) is 0 Å². The molecule has 2 N–H and O–H groups in total. The highest BCUT2D eigenvalue weighted by Gasteiger charge is 2.37. The van der Waals surface area contributed by atoms with Gasteiger partial charge in [-0.2, -0.15) is 0 Å². The number of Topliss-reactive ketones (excluding diaryl/α,β-unsaturated/α-hetero) is 1. The standard InChI is InChI=1S/C21H22ClN3O2S/c1-2-3-10-28-21-24-19-18(20(27)25-21)16(12-6-4-7-13(22)11-12)17-14(23-19)8-5-9-15(17)26/h4,6-7,11,16H,2-3,5,8-10H2,1H3,(H2,23,24,25,27). The number of allylic oxidation sites excluding steroid dienone is 2. The van der Waals surface area contributed by atoms with E-state index in [9.17, 15) is 9.59 Å². The molecule has 1 aromatic carbocycles. The maximum Gasteiger partial charge on any atom is 0.257 e. The fourth-order valence-corrected chi connectivity index (χ4v) is 4.99. The number of fused-ring (bicyclic) bond motifs is 1. The minimum absolute atomic E-state index is 0.0881. The van der Waals surface area contributed by atoms with Crippen LogP contribution in [-0.2, 0) is 4.79 Å². The van der Waals surface area contributed by atoms with Gasteiger partial charge in [-0.1, -0.05) is 48.8 Å². The Bertz CT molecular complexity index is 1010. The van der Waals surface area contributed by atoms with E-state index in [-0.39, 0.29) is 11.3 Å². The monoisotopic (exact) mass is 415 g/mol. The molecule has 1 aromatic heterocycles. The van der Waals surface area contributed by atoms with Gasteiger partial charge < -0.3 is 10.3 Å². The van der Waals surface area contributed by atoms with E-state index in [2.05, 4.69) is 22.2 Å². The molecule has 4 rings (SSSR count). The third-order valence-electron chi connectivity index (χ3n) is 5.16. The number of aromatic nitrogens is 2. The first-order valence-corrected chi connectivity index (χ1v) is 11.0. The summed E-state index contributed by atoms with van der Waals surface area (Å²) in [5.41, 5.74) is 2.70. The smallest absolute Gasteiger partial charge is 0.257 e. The lowest BCUT2D eigenvalue weighted by Crippen LogP contribution is -2.32. The van der Waals surface area contributed by atoms with Gasteiger partial charge in [0.1, 0.15) is 5.82 Å². The Hall–Kier alpha value is -2.05. The van der Waals surface area contributed by atoms with Crippen molar-refractivity contribution in [3.8, 4) is 0 Å². The Labute approximate surface area is 173 Å². The fraction of sp³-hybridized carbons (Fsp3) is 0.381. The number of benzene rings is 1. The van der Waals surface area contributed by atoms with Crippen molar-refractivity contribution in [3.63, 3.8) is 0 Å². The number of hydrogen-bond donors (Lipinski definition) is 2. The summed E-state index contributed by atoms with van der Waals surface area (Å²) < 4.78 is 0. The maximum absolute atomic E-state index is 13.1. The molecule has 5 nitrogen and oxygen atoms in total. The topological polar surface area (TPSA) is 74.8 Å². The second kappa shape index (κ2) is 8.13. The van der Waals surface area contributed by atoms with Crippen LogP contribution in [0.25, 0.3) is 0 Å². The number of nitrogens with one attached hydrogen (secondary N) is 2. The van der Waals surface area contributed by atoms with Gasteiger partial charge >= 0.3 is 0 Å². The third kappa shape index (κ3) is 3.63. The fourth-order valence-electron chi connectivity index (χ4n) is 3.84. The highest BCUT2D eigenvalue weighted by atomic mass is 35.5. The minimum atomic E-state index is -0.441. The zero-order valence-electron chi connectivity index (χ0n) is 15.7. The number of unbranched alkanes of at least 4 members (excludes halogenated alkanes) is 1. The summed E-state index contributed by atoms with van der Waals surface area (Å²) in [5, 5.41) is 4.49. The summed E-state index contributed by atoms with van der Waals surface area (Å²) in [6, 6.07) is 7.39. The Kier molecular flexibility index (Phi) is 5.60. The van der Waals surface area contributed by atoms with Crippen LogP contribution in [0, 0.1) is 0 Å². The van der Waals surface area contributed by atoms with Crippen LogP contribution < -0.4 is 10.9 Å². The Morgan fingerprint density at radius 1 is 1.29 bits per heavy atom. The van der Waals surface area contributed by atoms with Gasteiger partial charge in [-0.3, -0.25) is 9.59 Å². The number of rotatable bonds is 5. The number of H-pyrrole nitrogens is 1. The summed E-state index contributed by atoms with van der Waals surface area (Å²) in [6.07, 6.45) is 4.25. The molecule has 0 bridgehead atoms. The molecule has 146 valence electrons. The lowest BCUT2D eigenvalue weighted by atomic mass is 9.76. The molecule has 2 aromatic rings. The molecule has 2 heterocycles. The molecule has 0 spiro atoms. The first kappa shape index (κ1) is 19.3. The summed E-state index contributed by atoms with van der Waals surface area (Å²) in [4.78, 5) is 33.4. The highest BCUT2D eigenvalue weighted by molar-refractivity contribution is 7.99. The molecule has 1 aliphatic heterocycles. The molecule has 28 heavy (non-hydrogen) atoms. The number of hydrogen-bond acceptors (Lipinski definition) is 5. The van der Waals surface area contributed by atoms with Crippen LogP contribution in [0.1, 0.15) is 56.1 Å². The Morgan fingerprint density at radius 3 is 2.93 bits per heavy atom. The number of anilines is 1. The summed E-state index contributed by atoms with van der Waals surface area (Å²) in [7, 11) is 0. The number of thioether (sulfide) groups is 1. The largest absolute Gasteiger partial charge is 0.343 e. The van der Waals surface area contributed by atoms with Gasteiger partial charge in [-0.15, -0.1) is 0 Å². The predicted octanol–water partition coefficient (Wildman–Crippen LogP) is 4.88. The minimum Gasteiger partial charge on any atom is -0.343 e. The lowest BCUT2D eigenvalue weighted by molar-refractivity contribution is -0.116. The van der Waals surface area contributed by atoms with Crippen LogP contribution in [-0.4, -0.2) is 21.5 Å². The lowest BCUT2D eigenvalue weighted by Gasteiger charge is -2.32. The zero-order valence-corrected chi connectivity index (χ0v) is 17.3. The van der Waals surface area contributed by atoms with Crippen molar-refractivity contribution in [2.75, 3.05) is 11.1 Å². The second-order valence-corrected chi connectivity index (χ2v) is 8.64. The molecular weight excluding hydrogens is 394 g/mol. The van der Waals surface area contributed by atoms with Gasteiger partial charge in [0, 0.05) is 34.4 Å². The van der Waals surface area contributed by atoms with Crippen LogP contribution >= 0.6 is 23.4 Å². The average Bonchev–Trinajstić information content (AvgIpc) is 2.67. The van der Waals surface area contributed by atoms with Crippen LogP contribution in [0.5, 0.6) is 0 Å². The first-order chi connectivity index (χ1) is 13.6. The highest BCUT2D eigenvalue weighted by Crippen LogP contribution is 2.43. The Morgan fingerprint density at radius 2 is 2.14 bits per heavy atom. The molecule has 2 aliphatic rings. The van der Waals surface area contributed by atoms with E-state index in [0.717, 1.165) is 42.7 Å². The molecule has 1 unspecified atom stereocenters. The maximum atomic E-state index is 13.1. The average molecular weight is 416 g/mol. The molecular formula is C21H22ClN3O2S. The van der Waals surface area contributed by atoms with E-state index in [1.807, 2.05) is 18.2 Å². The molecule has 1 aliphatic carbocycles. The molecule has 7 heteroatoms. The van der Waals surface area contributed by atoms with Crippen molar-refractivity contribution < 1.29 is 4.79 Å². The molecule has 0 radical (unpaired) electrons. The SMILES string of the molecule is CCCCSc1nc2c(c(=O)[nH]1)C(c1cccc(Cl)c1)C1=C(CCCC1=O)N2. The molecule has 1 atom stereocenters. The number of halogens is 1. The van der Waals surface area contributed by atoms with E-state index >= 15 is 0 Å². The molecule has 0 amide bonds. The van der Waals surface area contributed by atoms with E-state index in [1.54, 1.807) is 17.8 Å². The van der Waals surface area contributed by atoms with E-state index in [4.69, 9.17) is 11.6 Å². The Balaban J connectivity index is 1.85. The van der Waals surface area contributed by atoms with Crippen molar-refractivity contribution in [2.45, 2.75) is 50.1 Å². The van der Waals surface area contributed by atoms with Gasteiger partial charge in [0.2, 0.25) is 0 Å². The van der Waals surface area contributed by atoms with E-state index in [1.165, 1.54) is 0 Å². The zero-order chi connectivity index (χ0) is 19.7. The number of ketones is 1. The van der Waals surface area contributed by atoms with Crippen molar-refractivity contribution >= 4 is 35.0 Å². The second-order valence-electron chi connectivity index (χ2n) is 7.12. The quantitative estimate of drug-likeness (QED) is 0.413. The van der Waals surface area contributed by atoms with Gasteiger partial charge in [-0.05, 0) is 37.0 Å². The summed E-state index contributed by atoms with van der Waals surface area (Å²) in [6.45, 7) is 2.13. The van der Waals surface area contributed by atoms with Crippen molar-refractivity contribution in [2.24, 2.45) is 0 Å². The number of nitrogens with zero attached hydrogens (tertiary/aromatic N) is 1. The summed E-state index contributed by atoms with van der Waals surface area (Å²) >= 11 is 7.77. The van der Waals surface area contributed by atoms with Crippen molar-refractivity contribution in [1.82, 2.24) is 9.97 Å². The van der Waals surface area contributed by atoms with E-state index < -0.39 is 5.92 Å². The predicted molar refractivity (Wildman–Crippen MR) is 113 cm³/mol. The number of aromatic amines is 1. The molecule has 0 fully saturated rings. The number of carbonyl (C=O) groups excluding carboxylic acids is 1. The van der Waals surface area contributed by atoms with E-state index in [0.29, 0.717) is 33.6 Å². The first-order valence-electron chi connectivity index (χ1n) is 9.64. The third-order valence-corrected chi connectivity index (χ3v) is 6.35. The van der Waals surface area contributed by atoms with Crippen LogP contribution in [0.3, 0.4) is 0 Å². The normalized spacial score (nSPS) is 18.5. The van der Waals surface area contributed by atoms with Gasteiger partial charge in [0.15, 0.2) is 10.9 Å².